The highest BCUT2D eigenvalue weighted by molar-refractivity contribution is 7.99. The van der Waals surface area contributed by atoms with Crippen molar-refractivity contribution in [1.82, 2.24) is 20.7 Å². The smallest absolute Gasteiger partial charge is 0.283 e. The summed E-state index contributed by atoms with van der Waals surface area (Å²) in [4.78, 5) is 19.6. The molecule has 0 aliphatic rings. The Labute approximate surface area is 176 Å². The van der Waals surface area contributed by atoms with Crippen LogP contribution in [0.25, 0.3) is 0 Å². The number of hydrogen-bond acceptors (Lipinski definition) is 7. The molecule has 0 bridgehead atoms. The lowest BCUT2D eigenvalue weighted by molar-refractivity contribution is -0.387. The van der Waals surface area contributed by atoms with Crippen LogP contribution in [0.5, 0.6) is 0 Å². The number of thiocarbonyl (C=S) groups is 1. The van der Waals surface area contributed by atoms with Crippen molar-refractivity contribution in [2.75, 3.05) is 0 Å². The molecule has 0 radical (unpaired) electrons. The van der Waals surface area contributed by atoms with E-state index in [0.717, 1.165) is 17.3 Å². The van der Waals surface area contributed by atoms with E-state index in [-0.39, 0.29) is 5.69 Å². The van der Waals surface area contributed by atoms with Crippen LogP contribution in [0.1, 0.15) is 11.1 Å². The number of hydrazone groups is 1. The maximum atomic E-state index is 11.4. The van der Waals surface area contributed by atoms with Crippen molar-refractivity contribution in [3.63, 3.8) is 0 Å². The predicted molar refractivity (Wildman–Crippen MR) is 116 cm³/mol. The van der Waals surface area contributed by atoms with Crippen LogP contribution >= 0.6 is 24.0 Å². The summed E-state index contributed by atoms with van der Waals surface area (Å²) in [6.45, 7) is 0.571. The van der Waals surface area contributed by atoms with Gasteiger partial charge in [0.25, 0.3) is 5.69 Å². The molecule has 0 spiro atoms. The summed E-state index contributed by atoms with van der Waals surface area (Å²) in [5.74, 6) is 0. The first kappa shape index (κ1) is 20.4. The molecule has 146 valence electrons. The molecule has 0 saturated heterocycles. The van der Waals surface area contributed by atoms with Gasteiger partial charge >= 0.3 is 0 Å². The zero-order valence-corrected chi connectivity index (χ0v) is 16.7. The number of nitrogens with one attached hydrogen (secondary N) is 2. The van der Waals surface area contributed by atoms with Crippen molar-refractivity contribution in [1.29, 1.82) is 0 Å². The van der Waals surface area contributed by atoms with Crippen LogP contribution in [-0.4, -0.2) is 26.2 Å². The van der Waals surface area contributed by atoms with E-state index in [2.05, 4.69) is 25.8 Å². The van der Waals surface area contributed by atoms with Gasteiger partial charge in [0.2, 0.25) is 0 Å². The van der Waals surface area contributed by atoms with Gasteiger partial charge in [0.15, 0.2) is 10.3 Å². The molecule has 1 heterocycles. The van der Waals surface area contributed by atoms with Crippen LogP contribution in [0.3, 0.4) is 0 Å². The molecule has 0 aliphatic carbocycles. The van der Waals surface area contributed by atoms with Crippen LogP contribution < -0.4 is 10.7 Å². The minimum atomic E-state index is -0.442. The molecule has 0 saturated carbocycles. The topological polar surface area (TPSA) is 105 Å². The fraction of sp³-hybridized carbons (Fsp3) is 0.0526. The first-order valence-corrected chi connectivity index (χ1v) is 9.68. The Morgan fingerprint density at radius 3 is 2.66 bits per heavy atom. The molecule has 8 nitrogen and oxygen atoms in total. The number of aromatic nitrogens is 2. The number of hydrogen-bond donors (Lipinski definition) is 2. The maximum absolute atomic E-state index is 11.4. The quantitative estimate of drug-likeness (QED) is 0.195. The van der Waals surface area contributed by atoms with Gasteiger partial charge in [-0.3, -0.25) is 15.5 Å². The highest BCUT2D eigenvalue weighted by Gasteiger charge is 2.16. The van der Waals surface area contributed by atoms with Crippen molar-refractivity contribution in [3.8, 4) is 0 Å². The van der Waals surface area contributed by atoms with Crippen molar-refractivity contribution in [3.05, 3.63) is 88.2 Å². The van der Waals surface area contributed by atoms with E-state index in [9.17, 15) is 10.1 Å². The van der Waals surface area contributed by atoms with Gasteiger partial charge < -0.3 is 5.32 Å². The molecule has 3 aromatic rings. The first-order valence-electron chi connectivity index (χ1n) is 8.46. The Kier molecular flexibility index (Phi) is 7.20. The van der Waals surface area contributed by atoms with Crippen molar-refractivity contribution in [2.45, 2.75) is 16.6 Å². The van der Waals surface area contributed by atoms with Gasteiger partial charge in [-0.05, 0) is 41.7 Å². The average molecular weight is 425 g/mol. The van der Waals surface area contributed by atoms with Crippen molar-refractivity contribution < 1.29 is 4.92 Å². The lowest BCUT2D eigenvalue weighted by Gasteiger charge is -2.07. The van der Waals surface area contributed by atoms with Crippen molar-refractivity contribution in [2.24, 2.45) is 5.10 Å². The highest BCUT2D eigenvalue weighted by atomic mass is 32.2. The summed E-state index contributed by atoms with van der Waals surface area (Å²) in [6, 6.07) is 16.3. The van der Waals surface area contributed by atoms with E-state index in [1.165, 1.54) is 12.3 Å². The standard InChI is InChI=1S/C19H16N6O2S2/c26-25(27)16-11-15(7-8-17(16)29-19-20-9-4-10-21-19)13-23-24-18(28)22-12-14-5-2-1-3-6-14/h1-11,13H,12H2,(H2,22,24,28)/b23-13-. The summed E-state index contributed by atoms with van der Waals surface area (Å²) in [6.07, 6.45) is 4.64. The van der Waals surface area contributed by atoms with E-state index in [0.29, 0.717) is 27.3 Å². The zero-order chi connectivity index (χ0) is 20.5. The SMILES string of the molecule is O=[N+]([O-])c1cc(/C=N\NC(=S)NCc2ccccc2)ccc1Sc1ncccn1. The molecule has 0 amide bonds. The molecule has 10 heteroatoms. The lowest BCUT2D eigenvalue weighted by atomic mass is 10.2. The van der Waals surface area contributed by atoms with Crippen molar-refractivity contribution >= 4 is 41.0 Å². The Morgan fingerprint density at radius 1 is 1.17 bits per heavy atom. The third-order valence-electron chi connectivity index (χ3n) is 3.60. The second-order valence-corrected chi connectivity index (χ2v) is 7.07. The largest absolute Gasteiger partial charge is 0.357 e. The molecule has 3 rings (SSSR count). The second kappa shape index (κ2) is 10.2. The number of rotatable bonds is 7. The number of nitro groups is 1. The molecule has 0 aliphatic heterocycles. The average Bonchev–Trinajstić information content (AvgIpc) is 2.74. The predicted octanol–water partition coefficient (Wildman–Crippen LogP) is 3.53. The van der Waals surface area contributed by atoms with Crippen LogP contribution in [0.15, 0.2) is 82.1 Å². The maximum Gasteiger partial charge on any atom is 0.283 e. The van der Waals surface area contributed by atoms with Crippen LogP contribution in [0.4, 0.5) is 5.69 Å². The molecule has 2 N–H and O–H groups in total. The Hall–Kier alpha value is -3.37. The Bertz CT molecular complexity index is 1020. The molecule has 0 unspecified atom stereocenters. The molecule has 0 fully saturated rings. The fourth-order valence-corrected chi connectivity index (χ4v) is 3.19. The minimum absolute atomic E-state index is 0.0452. The van der Waals surface area contributed by atoms with E-state index in [4.69, 9.17) is 12.2 Å². The van der Waals surface area contributed by atoms with Gasteiger partial charge in [-0.1, -0.05) is 36.4 Å². The summed E-state index contributed by atoms with van der Waals surface area (Å²) >= 11 is 6.30. The van der Waals surface area contributed by atoms with Gasteiger partial charge in [-0.15, -0.1) is 0 Å². The number of nitrogens with zero attached hydrogens (tertiary/aromatic N) is 4. The summed E-state index contributed by atoms with van der Waals surface area (Å²) in [5.41, 5.74) is 4.31. The van der Waals surface area contributed by atoms with Gasteiger partial charge in [-0.2, -0.15) is 5.10 Å². The van der Waals surface area contributed by atoms with Gasteiger partial charge in [0.05, 0.1) is 16.0 Å². The number of nitro benzene ring substituents is 1. The molecule has 0 atom stereocenters. The van der Waals surface area contributed by atoms with Crippen LogP contribution in [-0.2, 0) is 6.54 Å². The monoisotopic (exact) mass is 424 g/mol. The molecular formula is C19H16N6O2S2. The third-order valence-corrected chi connectivity index (χ3v) is 4.79. The van der Waals surface area contributed by atoms with Crippen LogP contribution in [0.2, 0.25) is 0 Å². The summed E-state index contributed by atoms with van der Waals surface area (Å²) in [7, 11) is 0. The lowest BCUT2D eigenvalue weighted by Crippen LogP contribution is -2.31. The molecular weight excluding hydrogens is 408 g/mol. The summed E-state index contributed by atoms with van der Waals surface area (Å²) in [5, 5.41) is 19.3. The first-order chi connectivity index (χ1) is 14.1. The van der Waals surface area contributed by atoms with E-state index < -0.39 is 4.92 Å². The van der Waals surface area contributed by atoms with E-state index in [1.54, 1.807) is 30.6 Å². The zero-order valence-electron chi connectivity index (χ0n) is 15.1. The Morgan fingerprint density at radius 2 is 1.93 bits per heavy atom. The third kappa shape index (κ3) is 6.33. The normalized spacial score (nSPS) is 10.6. The van der Waals surface area contributed by atoms with Gasteiger partial charge in [0, 0.05) is 30.6 Å². The minimum Gasteiger partial charge on any atom is -0.357 e. The van der Waals surface area contributed by atoms with Gasteiger partial charge in [0.1, 0.15) is 0 Å². The van der Waals surface area contributed by atoms with Gasteiger partial charge in [-0.25, -0.2) is 9.97 Å². The fourth-order valence-electron chi connectivity index (χ4n) is 2.26. The Balaban J connectivity index is 1.60. The molecule has 2 aromatic carbocycles. The van der Waals surface area contributed by atoms with Crippen LogP contribution in [0, 0.1) is 10.1 Å². The summed E-state index contributed by atoms with van der Waals surface area (Å²) < 4.78 is 0. The highest BCUT2D eigenvalue weighted by Crippen LogP contribution is 2.33. The van der Waals surface area contributed by atoms with E-state index in [1.807, 2.05) is 30.3 Å². The van der Waals surface area contributed by atoms with E-state index >= 15 is 0 Å². The second-order valence-electron chi connectivity index (χ2n) is 5.66. The molecule has 1 aromatic heterocycles. The molecule has 29 heavy (non-hydrogen) atoms. The number of benzene rings is 2.